The van der Waals surface area contributed by atoms with Crippen LogP contribution in [0.4, 0.5) is 4.39 Å². The van der Waals surface area contributed by atoms with E-state index >= 15 is 0 Å². The average Bonchev–Trinajstić information content (AvgIpc) is 3.01. The third-order valence-electron chi connectivity index (χ3n) is 3.71. The molecule has 0 radical (unpaired) electrons. The van der Waals surface area contributed by atoms with Crippen molar-refractivity contribution in [1.82, 2.24) is 14.8 Å². The van der Waals surface area contributed by atoms with Crippen molar-refractivity contribution in [1.29, 1.82) is 0 Å². The van der Waals surface area contributed by atoms with Gasteiger partial charge in [0.15, 0.2) is 0 Å². The van der Waals surface area contributed by atoms with Crippen molar-refractivity contribution in [3.63, 3.8) is 0 Å². The zero-order chi connectivity index (χ0) is 16.3. The molecule has 0 aliphatic heterocycles. The molecule has 1 aromatic heterocycles. The van der Waals surface area contributed by atoms with Crippen LogP contribution in [0.3, 0.4) is 0 Å². The van der Waals surface area contributed by atoms with E-state index in [0.29, 0.717) is 16.5 Å². The van der Waals surface area contributed by atoms with Gasteiger partial charge in [0, 0.05) is 5.41 Å². The first kappa shape index (κ1) is 17.2. The first-order valence-electron chi connectivity index (χ1n) is 6.87. The Morgan fingerprint density at radius 3 is 2.59 bits per heavy atom. The summed E-state index contributed by atoms with van der Waals surface area (Å²) in [5, 5.41) is 15.6. The predicted molar refractivity (Wildman–Crippen MR) is 85.0 cm³/mol. The Morgan fingerprint density at radius 2 is 2.05 bits per heavy atom. The summed E-state index contributed by atoms with van der Waals surface area (Å²) in [6.45, 7) is 2.72. The molecule has 0 saturated carbocycles. The second kappa shape index (κ2) is 6.94. The minimum Gasteiger partial charge on any atom is -0.390 e. The zero-order valence-electron chi connectivity index (χ0n) is 12.4. The van der Waals surface area contributed by atoms with E-state index in [1.54, 1.807) is 30.7 Å². The van der Waals surface area contributed by atoms with E-state index in [4.69, 9.17) is 23.2 Å². The number of halogens is 3. The summed E-state index contributed by atoms with van der Waals surface area (Å²) in [4.78, 5) is 3.91. The maximum atomic E-state index is 13.2. The molecule has 2 aromatic rings. The van der Waals surface area contributed by atoms with Crippen LogP contribution in [-0.4, -0.2) is 32.6 Å². The molecule has 1 heterocycles. The molecular formula is C15H18Cl2FN3O. The lowest BCUT2D eigenvalue weighted by Crippen LogP contribution is -2.40. The number of alkyl halides is 1. The minimum atomic E-state index is -0.936. The van der Waals surface area contributed by atoms with Gasteiger partial charge in [-0.1, -0.05) is 43.1 Å². The maximum Gasteiger partial charge on any atom is 0.137 e. The summed E-state index contributed by atoms with van der Waals surface area (Å²) < 4.78 is 14.8. The van der Waals surface area contributed by atoms with Crippen LogP contribution in [0.5, 0.6) is 0 Å². The van der Waals surface area contributed by atoms with Gasteiger partial charge in [-0.05, 0) is 24.1 Å². The number of aliphatic hydroxyl groups is 1. The lowest BCUT2D eigenvalue weighted by molar-refractivity contribution is -0.0109. The van der Waals surface area contributed by atoms with E-state index in [1.807, 2.05) is 6.07 Å². The lowest BCUT2D eigenvalue weighted by Gasteiger charge is -2.34. The highest BCUT2D eigenvalue weighted by molar-refractivity contribution is 6.42. The van der Waals surface area contributed by atoms with Crippen molar-refractivity contribution >= 4 is 23.2 Å². The van der Waals surface area contributed by atoms with Gasteiger partial charge in [-0.2, -0.15) is 5.10 Å². The molecule has 22 heavy (non-hydrogen) atoms. The zero-order valence-corrected chi connectivity index (χ0v) is 13.9. The molecule has 2 unspecified atom stereocenters. The van der Waals surface area contributed by atoms with E-state index in [9.17, 15) is 9.50 Å². The maximum absolute atomic E-state index is 13.2. The van der Waals surface area contributed by atoms with Gasteiger partial charge in [0.05, 0.1) is 28.9 Å². The minimum absolute atomic E-state index is 0.435. The third-order valence-corrected chi connectivity index (χ3v) is 4.45. The van der Waals surface area contributed by atoms with Crippen LogP contribution in [0.25, 0.3) is 0 Å². The van der Waals surface area contributed by atoms with Crippen molar-refractivity contribution in [3.05, 3.63) is 46.5 Å². The number of aliphatic hydroxyl groups excluding tert-OH is 1. The van der Waals surface area contributed by atoms with Crippen LogP contribution in [0.1, 0.15) is 25.5 Å². The predicted octanol–water partition coefficient (Wildman–Crippen LogP) is 3.73. The van der Waals surface area contributed by atoms with Gasteiger partial charge in [0.25, 0.3) is 0 Å². The summed E-state index contributed by atoms with van der Waals surface area (Å²) in [7, 11) is 0. The molecule has 4 nitrogen and oxygen atoms in total. The van der Waals surface area contributed by atoms with Crippen molar-refractivity contribution < 1.29 is 9.50 Å². The highest BCUT2D eigenvalue weighted by Crippen LogP contribution is 2.32. The molecule has 2 rings (SSSR count). The molecule has 120 valence electrons. The fraction of sp³-hybridized carbons (Fsp3) is 0.467. The number of aromatic nitrogens is 3. The molecule has 0 amide bonds. The second-order valence-electron chi connectivity index (χ2n) is 5.96. The lowest BCUT2D eigenvalue weighted by atomic mass is 9.82. The van der Waals surface area contributed by atoms with Crippen LogP contribution in [0, 0.1) is 5.41 Å². The first-order valence-corrected chi connectivity index (χ1v) is 7.63. The van der Waals surface area contributed by atoms with Crippen LogP contribution in [0.2, 0.25) is 10.0 Å². The quantitative estimate of drug-likeness (QED) is 0.867. The van der Waals surface area contributed by atoms with Crippen molar-refractivity contribution in [2.24, 2.45) is 5.41 Å². The van der Waals surface area contributed by atoms with E-state index in [1.165, 1.54) is 12.7 Å². The Labute approximate surface area is 138 Å². The summed E-state index contributed by atoms with van der Waals surface area (Å²) >= 11 is 11.9. The van der Waals surface area contributed by atoms with Gasteiger partial charge >= 0.3 is 0 Å². The normalized spacial score (nSPS) is 14.8. The molecule has 0 bridgehead atoms. The fourth-order valence-corrected chi connectivity index (χ4v) is 2.57. The van der Waals surface area contributed by atoms with Crippen molar-refractivity contribution in [2.75, 3.05) is 6.67 Å². The molecule has 0 saturated heterocycles. The molecule has 0 aliphatic carbocycles. The molecular weight excluding hydrogens is 328 g/mol. The third kappa shape index (κ3) is 3.77. The monoisotopic (exact) mass is 345 g/mol. The summed E-state index contributed by atoms with van der Waals surface area (Å²) in [6.07, 6.45) is 2.40. The van der Waals surface area contributed by atoms with Gasteiger partial charge in [-0.15, -0.1) is 0 Å². The van der Waals surface area contributed by atoms with Crippen molar-refractivity contribution in [3.8, 4) is 0 Å². The van der Waals surface area contributed by atoms with Crippen molar-refractivity contribution in [2.45, 2.75) is 32.4 Å². The van der Waals surface area contributed by atoms with Gasteiger partial charge in [0.2, 0.25) is 0 Å². The summed E-state index contributed by atoms with van der Waals surface area (Å²) in [6, 6.07) is 4.81. The molecule has 0 fully saturated rings. The average molecular weight is 346 g/mol. The highest BCUT2D eigenvalue weighted by Gasteiger charge is 2.36. The Bertz CT molecular complexity index is 619. The topological polar surface area (TPSA) is 50.9 Å². The number of hydrogen-bond donors (Lipinski definition) is 1. The number of rotatable bonds is 6. The van der Waals surface area contributed by atoms with Crippen LogP contribution in [0.15, 0.2) is 30.9 Å². The van der Waals surface area contributed by atoms with Gasteiger partial charge < -0.3 is 5.11 Å². The molecule has 1 N–H and O–H groups in total. The number of hydrogen-bond acceptors (Lipinski definition) is 3. The number of nitrogens with zero attached hydrogens (tertiary/aromatic N) is 3. The molecule has 2 atom stereocenters. The number of benzene rings is 1. The van der Waals surface area contributed by atoms with Gasteiger partial charge in [-0.3, -0.25) is 4.39 Å². The van der Waals surface area contributed by atoms with Crippen LogP contribution >= 0.6 is 23.2 Å². The molecule has 0 aliphatic rings. The standard InChI is InChI=1S/C15H18Cl2FN3O/c1-15(2,7-18)14(22)13(21-9-19-8-20-21)6-10-3-4-11(16)12(17)5-10/h3-5,8-9,13-14,22H,6-7H2,1-2H3. The summed E-state index contributed by atoms with van der Waals surface area (Å²) in [5.41, 5.74) is -0.0177. The Balaban J connectivity index is 2.31. The first-order chi connectivity index (χ1) is 10.3. The SMILES string of the molecule is CC(C)(CF)C(O)C(Cc1ccc(Cl)c(Cl)c1)n1cncn1. The molecule has 0 spiro atoms. The smallest absolute Gasteiger partial charge is 0.137 e. The van der Waals surface area contributed by atoms with E-state index < -0.39 is 24.2 Å². The van der Waals surface area contributed by atoms with Gasteiger partial charge in [-0.25, -0.2) is 9.67 Å². The van der Waals surface area contributed by atoms with E-state index in [0.717, 1.165) is 5.56 Å². The molecule has 7 heteroatoms. The largest absolute Gasteiger partial charge is 0.390 e. The fourth-order valence-electron chi connectivity index (χ4n) is 2.25. The van der Waals surface area contributed by atoms with Crippen LogP contribution < -0.4 is 0 Å². The second-order valence-corrected chi connectivity index (χ2v) is 6.78. The Hall–Kier alpha value is -1.17. The van der Waals surface area contributed by atoms with Crippen LogP contribution in [-0.2, 0) is 6.42 Å². The van der Waals surface area contributed by atoms with E-state index in [-0.39, 0.29) is 0 Å². The highest BCUT2D eigenvalue weighted by atomic mass is 35.5. The van der Waals surface area contributed by atoms with Gasteiger partial charge in [0.1, 0.15) is 12.7 Å². The Kier molecular flexibility index (Phi) is 5.42. The Morgan fingerprint density at radius 1 is 1.32 bits per heavy atom. The van der Waals surface area contributed by atoms with E-state index in [2.05, 4.69) is 10.1 Å². The summed E-state index contributed by atoms with van der Waals surface area (Å²) in [5.74, 6) is 0. The molecule has 1 aromatic carbocycles.